The third kappa shape index (κ3) is 2.19. The van der Waals surface area contributed by atoms with Crippen LogP contribution in [0.15, 0.2) is 36.4 Å². The molecule has 3 nitrogen and oxygen atoms in total. The van der Waals surface area contributed by atoms with Crippen molar-refractivity contribution in [2.24, 2.45) is 0 Å². The maximum absolute atomic E-state index is 10.8. The smallest absolute Gasteiger partial charge is 0.295 e. The van der Waals surface area contributed by atoms with Gasteiger partial charge in [-0.05, 0) is 49.1 Å². The SMILES string of the molecule is Cc1ccc2c(c1C)N(C(C)OC=O)c1ccccc1C2. The van der Waals surface area contributed by atoms with Gasteiger partial charge in [0, 0.05) is 12.1 Å². The molecule has 3 rings (SSSR count). The Morgan fingerprint density at radius 1 is 1.14 bits per heavy atom. The van der Waals surface area contributed by atoms with Crippen molar-refractivity contribution in [2.45, 2.75) is 33.4 Å². The minimum absolute atomic E-state index is 0.330. The summed E-state index contributed by atoms with van der Waals surface area (Å²) < 4.78 is 5.24. The Morgan fingerprint density at radius 3 is 2.67 bits per heavy atom. The van der Waals surface area contributed by atoms with Gasteiger partial charge in [-0.3, -0.25) is 4.79 Å². The summed E-state index contributed by atoms with van der Waals surface area (Å²) >= 11 is 0. The van der Waals surface area contributed by atoms with Crippen LogP contribution in [0.25, 0.3) is 0 Å². The zero-order chi connectivity index (χ0) is 15.0. The first-order valence-electron chi connectivity index (χ1n) is 7.19. The van der Waals surface area contributed by atoms with Gasteiger partial charge in [-0.25, -0.2) is 0 Å². The van der Waals surface area contributed by atoms with Gasteiger partial charge in [0.1, 0.15) is 0 Å². The number of fused-ring (bicyclic) bond motifs is 2. The van der Waals surface area contributed by atoms with Crippen molar-refractivity contribution < 1.29 is 9.53 Å². The lowest BCUT2D eigenvalue weighted by molar-refractivity contribution is -0.132. The van der Waals surface area contributed by atoms with E-state index in [0.717, 1.165) is 12.1 Å². The fourth-order valence-electron chi connectivity index (χ4n) is 3.08. The van der Waals surface area contributed by atoms with Crippen LogP contribution < -0.4 is 4.90 Å². The fourth-order valence-corrected chi connectivity index (χ4v) is 3.08. The zero-order valence-corrected chi connectivity index (χ0v) is 12.6. The number of anilines is 2. The van der Waals surface area contributed by atoms with Crippen molar-refractivity contribution in [1.82, 2.24) is 0 Å². The van der Waals surface area contributed by atoms with E-state index in [0.29, 0.717) is 6.47 Å². The molecular formula is C18H19NO2. The molecule has 1 aliphatic rings. The second kappa shape index (κ2) is 5.24. The highest BCUT2D eigenvalue weighted by Crippen LogP contribution is 2.42. The van der Waals surface area contributed by atoms with E-state index in [-0.39, 0.29) is 6.23 Å². The van der Waals surface area contributed by atoms with Crippen molar-refractivity contribution in [3.05, 3.63) is 58.7 Å². The minimum atomic E-state index is -0.330. The van der Waals surface area contributed by atoms with Gasteiger partial charge in [-0.2, -0.15) is 0 Å². The average Bonchev–Trinajstić information content (AvgIpc) is 2.49. The number of aryl methyl sites for hydroxylation is 1. The van der Waals surface area contributed by atoms with Crippen LogP contribution in [0.2, 0.25) is 0 Å². The van der Waals surface area contributed by atoms with E-state index in [2.05, 4.69) is 43.0 Å². The number of ether oxygens (including phenoxy) is 1. The molecule has 0 N–H and O–H groups in total. The highest BCUT2D eigenvalue weighted by atomic mass is 16.5. The fraction of sp³-hybridized carbons (Fsp3) is 0.278. The number of carbonyl (C=O) groups is 1. The molecule has 1 unspecified atom stereocenters. The van der Waals surface area contributed by atoms with Gasteiger partial charge in [0.2, 0.25) is 0 Å². The maximum Gasteiger partial charge on any atom is 0.295 e. The second-order valence-corrected chi connectivity index (χ2v) is 5.52. The molecule has 0 saturated heterocycles. The molecule has 1 heterocycles. The highest BCUT2D eigenvalue weighted by Gasteiger charge is 2.28. The Labute approximate surface area is 125 Å². The van der Waals surface area contributed by atoms with Crippen LogP contribution in [-0.4, -0.2) is 12.7 Å². The number of carbonyl (C=O) groups excluding carboxylic acids is 1. The summed E-state index contributed by atoms with van der Waals surface area (Å²) in [7, 11) is 0. The maximum atomic E-state index is 10.8. The summed E-state index contributed by atoms with van der Waals surface area (Å²) in [5, 5.41) is 0. The van der Waals surface area contributed by atoms with Crippen LogP contribution in [0.4, 0.5) is 11.4 Å². The van der Waals surface area contributed by atoms with Crippen molar-refractivity contribution >= 4 is 17.8 Å². The van der Waals surface area contributed by atoms with Crippen LogP contribution in [0.1, 0.15) is 29.2 Å². The van der Waals surface area contributed by atoms with Crippen LogP contribution in [0, 0.1) is 13.8 Å². The lowest BCUT2D eigenvalue weighted by atomic mass is 9.91. The molecule has 108 valence electrons. The number of rotatable bonds is 3. The minimum Gasteiger partial charge on any atom is -0.444 e. The lowest BCUT2D eigenvalue weighted by Crippen LogP contribution is -2.34. The lowest BCUT2D eigenvalue weighted by Gasteiger charge is -2.38. The Bertz CT molecular complexity index is 694. The number of nitrogens with zero attached hydrogens (tertiary/aromatic N) is 1. The molecule has 1 aliphatic heterocycles. The predicted octanol–water partition coefficient (Wildman–Crippen LogP) is 3.86. The standard InChI is InChI=1S/C18H19NO2/c1-12-8-9-16-10-15-6-4-5-7-17(15)19(14(3)21-11-20)18(16)13(12)2/h4-9,11,14H,10H2,1-3H3. The third-order valence-corrected chi connectivity index (χ3v) is 4.27. The van der Waals surface area contributed by atoms with Crippen LogP contribution in [-0.2, 0) is 16.0 Å². The normalized spacial score (nSPS) is 14.1. The molecule has 0 saturated carbocycles. The molecule has 0 amide bonds. The largest absolute Gasteiger partial charge is 0.444 e. The Balaban J connectivity index is 2.22. The Morgan fingerprint density at radius 2 is 1.90 bits per heavy atom. The Kier molecular flexibility index (Phi) is 3.42. The van der Waals surface area contributed by atoms with Crippen LogP contribution in [0.3, 0.4) is 0 Å². The molecular weight excluding hydrogens is 262 g/mol. The third-order valence-electron chi connectivity index (χ3n) is 4.27. The van der Waals surface area contributed by atoms with E-state index in [9.17, 15) is 4.79 Å². The second-order valence-electron chi connectivity index (χ2n) is 5.52. The summed E-state index contributed by atoms with van der Waals surface area (Å²) in [4.78, 5) is 12.9. The molecule has 1 atom stereocenters. The molecule has 2 aromatic rings. The van der Waals surface area contributed by atoms with Crippen LogP contribution >= 0.6 is 0 Å². The zero-order valence-electron chi connectivity index (χ0n) is 12.6. The first-order valence-corrected chi connectivity index (χ1v) is 7.19. The van der Waals surface area contributed by atoms with E-state index in [1.807, 2.05) is 19.1 Å². The topological polar surface area (TPSA) is 29.5 Å². The summed E-state index contributed by atoms with van der Waals surface area (Å²) in [6.45, 7) is 6.66. The summed E-state index contributed by atoms with van der Waals surface area (Å²) in [5.41, 5.74) is 7.31. The Hall–Kier alpha value is -2.29. The predicted molar refractivity (Wildman–Crippen MR) is 83.9 cm³/mol. The van der Waals surface area contributed by atoms with Gasteiger partial charge in [0.15, 0.2) is 6.23 Å². The molecule has 2 aromatic carbocycles. The van der Waals surface area contributed by atoms with Crippen molar-refractivity contribution in [1.29, 1.82) is 0 Å². The molecule has 21 heavy (non-hydrogen) atoms. The van der Waals surface area contributed by atoms with Gasteiger partial charge in [0.25, 0.3) is 6.47 Å². The van der Waals surface area contributed by atoms with E-state index in [4.69, 9.17) is 4.74 Å². The summed E-state index contributed by atoms with van der Waals surface area (Å²) in [6, 6.07) is 12.6. The van der Waals surface area contributed by atoms with Gasteiger partial charge < -0.3 is 9.64 Å². The molecule has 0 fully saturated rings. The molecule has 0 aromatic heterocycles. The number of hydrogen-bond acceptors (Lipinski definition) is 3. The van der Waals surface area contributed by atoms with Crippen molar-refractivity contribution in [3.63, 3.8) is 0 Å². The molecule has 0 spiro atoms. The molecule has 3 heteroatoms. The molecule has 0 aliphatic carbocycles. The number of para-hydroxylation sites is 1. The van der Waals surface area contributed by atoms with E-state index in [1.54, 1.807) is 0 Å². The van der Waals surface area contributed by atoms with Gasteiger partial charge in [-0.15, -0.1) is 0 Å². The molecule has 0 radical (unpaired) electrons. The highest BCUT2D eigenvalue weighted by molar-refractivity contribution is 5.77. The number of benzene rings is 2. The van der Waals surface area contributed by atoms with Crippen molar-refractivity contribution in [3.8, 4) is 0 Å². The number of hydrogen-bond donors (Lipinski definition) is 0. The first kappa shape index (κ1) is 13.7. The molecule has 0 bridgehead atoms. The van der Waals surface area contributed by atoms with Gasteiger partial charge >= 0.3 is 0 Å². The monoisotopic (exact) mass is 281 g/mol. The first-order chi connectivity index (χ1) is 10.1. The van der Waals surface area contributed by atoms with E-state index in [1.165, 1.54) is 27.9 Å². The summed E-state index contributed by atoms with van der Waals surface area (Å²) in [5.74, 6) is 0. The van der Waals surface area contributed by atoms with Crippen LogP contribution in [0.5, 0.6) is 0 Å². The quantitative estimate of drug-likeness (QED) is 0.800. The van der Waals surface area contributed by atoms with Gasteiger partial charge in [-0.1, -0.05) is 30.3 Å². The van der Waals surface area contributed by atoms with Gasteiger partial charge in [0.05, 0.1) is 5.69 Å². The van der Waals surface area contributed by atoms with E-state index < -0.39 is 0 Å². The summed E-state index contributed by atoms with van der Waals surface area (Å²) in [6.07, 6.45) is 0.583. The average molecular weight is 281 g/mol. The van der Waals surface area contributed by atoms with E-state index >= 15 is 0 Å². The van der Waals surface area contributed by atoms with Crippen molar-refractivity contribution in [2.75, 3.05) is 4.90 Å².